The number of aromatic hydroxyl groups is 1. The topological polar surface area (TPSA) is 345 Å². The van der Waals surface area contributed by atoms with Gasteiger partial charge in [-0.3, -0.25) is 9.35 Å². The van der Waals surface area contributed by atoms with Gasteiger partial charge in [-0.05, 0) is 78.9 Å². The van der Waals surface area contributed by atoms with Crippen molar-refractivity contribution in [1.82, 2.24) is 0 Å². The monoisotopic (exact) mass is 911 g/mol. The number of rotatable bonds is 18. The van der Waals surface area contributed by atoms with E-state index in [1.165, 1.54) is 24.3 Å². The number of hydrogen-bond acceptors (Lipinski definition) is 22. The van der Waals surface area contributed by atoms with Crippen molar-refractivity contribution >= 4 is 96.7 Å². The summed E-state index contributed by atoms with van der Waals surface area (Å²) in [5.41, 5.74) is 7.03. The predicted octanol–water partition coefficient (Wildman–Crippen LogP) is 9.37. The third kappa shape index (κ3) is 12.4. The molecule has 26 heteroatoms. The number of carboxylic acid groups (broad SMARTS) is 2. The summed E-state index contributed by atoms with van der Waals surface area (Å²) in [4.78, 5) is 22.2. The van der Waals surface area contributed by atoms with E-state index in [0.717, 1.165) is 24.2 Å². The summed E-state index contributed by atoms with van der Waals surface area (Å²) >= 11 is 1.06. The molecular weight excluding hydrogens is 883 g/mol. The molecule has 0 unspecified atom stereocenters. The summed E-state index contributed by atoms with van der Waals surface area (Å²) in [5, 5.41) is 79.4. The quantitative estimate of drug-likeness (QED) is 0.00818. The van der Waals surface area contributed by atoms with Crippen LogP contribution in [0.3, 0.4) is 0 Å². The SMILES string of the molecule is Cc1cc(N=Nc2cc(OC#CC(=O)O)c(N=Nc3c(SOOO)cc4cc(S(=O)(=O)O)c(N)cc4c3O)cc2C)c(OCCC(=O)O)cc1N=Nc1cccc(SOOO)c1. The fourth-order valence-electron chi connectivity index (χ4n) is 5.07. The highest BCUT2D eigenvalue weighted by molar-refractivity contribution is 7.95. The van der Waals surface area contributed by atoms with Crippen molar-refractivity contribution in [2.24, 2.45) is 30.7 Å². The average Bonchev–Trinajstić information content (AvgIpc) is 3.21. The first-order valence-corrected chi connectivity index (χ1v) is 19.8. The van der Waals surface area contributed by atoms with Gasteiger partial charge in [0.2, 0.25) is 0 Å². The molecule has 62 heavy (non-hydrogen) atoms. The second-order valence-corrected chi connectivity index (χ2v) is 15.0. The lowest BCUT2D eigenvalue weighted by Crippen LogP contribution is -2.04. The van der Waals surface area contributed by atoms with E-state index in [9.17, 15) is 32.8 Å². The lowest BCUT2D eigenvalue weighted by molar-refractivity contribution is -0.432. The van der Waals surface area contributed by atoms with Gasteiger partial charge in [0.25, 0.3) is 10.1 Å². The van der Waals surface area contributed by atoms with Gasteiger partial charge in [-0.25, -0.2) is 15.3 Å². The molecule has 23 nitrogen and oxygen atoms in total. The largest absolute Gasteiger partial charge is 0.505 e. The van der Waals surface area contributed by atoms with E-state index >= 15 is 0 Å². The van der Waals surface area contributed by atoms with Crippen LogP contribution in [0, 0.1) is 25.9 Å². The van der Waals surface area contributed by atoms with E-state index in [1.807, 2.05) is 6.11 Å². The maximum absolute atomic E-state index is 11.9. The number of fused-ring (bicyclic) bond motifs is 1. The van der Waals surface area contributed by atoms with Crippen LogP contribution in [0.5, 0.6) is 17.2 Å². The Morgan fingerprint density at radius 2 is 1.42 bits per heavy atom. The predicted molar refractivity (Wildman–Crippen MR) is 216 cm³/mol. The number of nitrogens with two attached hydrogens (primary N) is 1. The van der Waals surface area contributed by atoms with Crippen molar-refractivity contribution < 1.29 is 76.6 Å². The fourth-order valence-corrected chi connectivity index (χ4v) is 6.61. The van der Waals surface area contributed by atoms with Crippen molar-refractivity contribution in [3.8, 4) is 29.3 Å². The van der Waals surface area contributed by atoms with Gasteiger partial charge in [-0.1, -0.05) is 16.1 Å². The molecular formula is C36H29N7O16S3. The summed E-state index contributed by atoms with van der Waals surface area (Å²) in [7, 11) is -4.77. The normalized spacial score (nSPS) is 11.7. The number of anilines is 1. The number of aliphatic carboxylic acids is 2. The van der Waals surface area contributed by atoms with Crippen LogP contribution in [-0.4, -0.2) is 57.4 Å². The summed E-state index contributed by atoms with van der Waals surface area (Å²) in [6.45, 7) is 3.07. The number of benzene rings is 5. The van der Waals surface area contributed by atoms with E-state index < -0.39 is 38.4 Å². The van der Waals surface area contributed by atoms with E-state index in [1.54, 1.807) is 50.1 Å². The first-order valence-electron chi connectivity index (χ1n) is 16.8. The number of phenols is 1. The minimum absolute atomic E-state index is 0.0303. The molecule has 0 aromatic heterocycles. The molecule has 0 radical (unpaired) electrons. The maximum Gasteiger partial charge on any atom is 0.385 e. The molecule has 0 fully saturated rings. The van der Waals surface area contributed by atoms with Crippen molar-refractivity contribution in [1.29, 1.82) is 0 Å². The Morgan fingerprint density at radius 1 is 0.790 bits per heavy atom. The van der Waals surface area contributed by atoms with Crippen LogP contribution in [0.2, 0.25) is 0 Å². The first-order chi connectivity index (χ1) is 29.6. The highest BCUT2D eigenvalue weighted by Crippen LogP contribution is 2.46. The molecule has 5 aromatic rings. The molecule has 322 valence electrons. The van der Waals surface area contributed by atoms with Gasteiger partial charge in [0, 0.05) is 22.4 Å². The number of azo groups is 3. The third-order valence-corrected chi connectivity index (χ3v) is 9.94. The number of ether oxygens (including phenoxy) is 2. The zero-order valence-corrected chi connectivity index (χ0v) is 34.0. The number of nitrogens with zero attached hydrogens (tertiary/aromatic N) is 6. The summed E-state index contributed by atoms with van der Waals surface area (Å²) in [5.74, 6) is -1.54. The second-order valence-electron chi connectivity index (χ2n) is 12.0. The van der Waals surface area contributed by atoms with Crippen molar-refractivity contribution in [2.45, 2.75) is 35.0 Å². The third-order valence-electron chi connectivity index (χ3n) is 7.84. The molecule has 0 saturated carbocycles. The number of aryl methyl sites for hydroxylation is 2. The molecule has 0 aliphatic rings. The zero-order chi connectivity index (χ0) is 45.0. The Bertz CT molecular complexity index is 2800. The van der Waals surface area contributed by atoms with Gasteiger partial charge >= 0.3 is 11.9 Å². The van der Waals surface area contributed by atoms with E-state index in [-0.39, 0.29) is 62.9 Å². The van der Waals surface area contributed by atoms with Gasteiger partial charge in [-0.2, -0.15) is 23.8 Å². The molecule has 8 N–H and O–H groups in total. The Hall–Kier alpha value is -6.77. The molecule has 0 spiro atoms. The minimum atomic E-state index is -4.77. The van der Waals surface area contributed by atoms with E-state index in [0.29, 0.717) is 39.4 Å². The molecule has 0 atom stereocenters. The number of carboxylic acids is 2. The molecule has 5 aromatic carbocycles. The summed E-state index contributed by atoms with van der Waals surface area (Å²) < 4.78 is 53.4. The van der Waals surface area contributed by atoms with Crippen LogP contribution >= 0.6 is 24.1 Å². The van der Waals surface area contributed by atoms with Crippen molar-refractivity contribution in [2.75, 3.05) is 12.3 Å². The van der Waals surface area contributed by atoms with Gasteiger partial charge < -0.3 is 30.5 Å². The Morgan fingerprint density at radius 3 is 2.08 bits per heavy atom. The van der Waals surface area contributed by atoms with Crippen LogP contribution < -0.4 is 15.2 Å². The lowest BCUT2D eigenvalue weighted by Gasteiger charge is -2.12. The molecule has 0 aliphatic carbocycles. The number of hydrogen-bond donors (Lipinski definition) is 7. The van der Waals surface area contributed by atoms with Gasteiger partial charge in [0.05, 0.1) is 70.7 Å². The Kier molecular flexibility index (Phi) is 15.8. The molecule has 0 heterocycles. The molecule has 0 aliphatic heterocycles. The number of phenolic OH excluding ortho intramolecular Hbond substituents is 1. The second kappa shape index (κ2) is 21.2. The van der Waals surface area contributed by atoms with Crippen LogP contribution in [0.1, 0.15) is 17.5 Å². The van der Waals surface area contributed by atoms with Crippen LogP contribution in [0.15, 0.2) is 112 Å². The number of nitrogen functional groups attached to an aromatic ring is 1. The molecule has 0 amide bonds. The van der Waals surface area contributed by atoms with Crippen LogP contribution in [0.25, 0.3) is 10.8 Å². The van der Waals surface area contributed by atoms with Gasteiger partial charge in [-0.15, -0.1) is 24.0 Å². The Labute approximate surface area is 357 Å². The first kappa shape index (κ1) is 46.3. The van der Waals surface area contributed by atoms with Crippen LogP contribution in [0.4, 0.5) is 39.8 Å². The van der Waals surface area contributed by atoms with E-state index in [2.05, 4.69) is 49.4 Å². The molecule has 0 bridgehead atoms. The smallest absolute Gasteiger partial charge is 0.385 e. The fraction of sp³-hybridized carbons (Fsp3) is 0.111. The van der Waals surface area contributed by atoms with E-state index in [4.69, 9.17) is 30.8 Å². The highest BCUT2D eigenvalue weighted by Gasteiger charge is 2.21. The van der Waals surface area contributed by atoms with Gasteiger partial charge in [0.15, 0.2) is 11.5 Å². The summed E-state index contributed by atoms with van der Waals surface area (Å²) in [6.07, 6.45) is 1.67. The lowest BCUT2D eigenvalue weighted by atomic mass is 10.1. The van der Waals surface area contributed by atoms with Crippen LogP contribution in [-0.2, 0) is 38.5 Å². The Balaban J connectivity index is 1.55. The standard InChI is InChI=1S/C36H29N7O16S3/c1-18-10-27(29(54-8-6-33(44)45)16-25(18)39-38-21-4-3-5-22(14-21)60-58-56-49)41-40-26-17-30(55-9-7-34(46)47)28(11-19(26)2)42-43-35-31(61-59-57-50)12-20-13-32(62(51,52)53)24(37)15-23(20)36(35)48/h3-5,10-17,48-50H,6,8,37H2,1-2H3,(H,44,45)(H,46,47)(H,51,52,53). The molecule has 5 rings (SSSR count). The van der Waals surface area contributed by atoms with Gasteiger partial charge in [0.1, 0.15) is 33.8 Å². The average molecular weight is 912 g/mol. The zero-order valence-electron chi connectivity index (χ0n) is 31.5. The molecule has 0 saturated heterocycles. The maximum atomic E-state index is 11.9. The van der Waals surface area contributed by atoms with Crippen molar-refractivity contribution in [3.63, 3.8) is 0 Å². The van der Waals surface area contributed by atoms with Crippen molar-refractivity contribution in [3.05, 3.63) is 77.9 Å². The summed E-state index contributed by atoms with van der Waals surface area (Å²) in [6, 6.07) is 15.7. The number of carbonyl (C=O) groups is 2. The minimum Gasteiger partial charge on any atom is -0.505 e. The highest BCUT2D eigenvalue weighted by atomic mass is 32.2.